The van der Waals surface area contributed by atoms with E-state index in [-0.39, 0.29) is 23.1 Å². The van der Waals surface area contributed by atoms with Crippen molar-refractivity contribution < 1.29 is 17.6 Å². The van der Waals surface area contributed by atoms with E-state index in [1.165, 1.54) is 29.3 Å². The number of rotatable bonds is 7. The molecular weight excluding hydrogens is 393 g/mol. The number of nitrogens with zero attached hydrogens (tertiary/aromatic N) is 2. The van der Waals surface area contributed by atoms with Crippen molar-refractivity contribution in [2.75, 3.05) is 39.8 Å². The smallest absolute Gasteiger partial charge is 0.223 e. The van der Waals surface area contributed by atoms with Crippen LogP contribution in [0.4, 0.5) is 4.39 Å². The van der Waals surface area contributed by atoms with Crippen molar-refractivity contribution in [2.45, 2.75) is 37.9 Å². The number of carbonyl (C=O) groups is 1. The van der Waals surface area contributed by atoms with Crippen molar-refractivity contribution in [3.63, 3.8) is 0 Å². The Hall–Kier alpha value is -1.51. The quantitative estimate of drug-likeness (QED) is 0.727. The summed E-state index contributed by atoms with van der Waals surface area (Å²) in [5, 5.41) is 3.04. The molecule has 6 nitrogen and oxygen atoms in total. The number of hydrogen-bond acceptors (Lipinski definition) is 4. The van der Waals surface area contributed by atoms with Crippen molar-refractivity contribution in [2.24, 2.45) is 11.8 Å². The van der Waals surface area contributed by atoms with Gasteiger partial charge in [-0.2, -0.15) is 0 Å². The van der Waals surface area contributed by atoms with Gasteiger partial charge in [0.25, 0.3) is 0 Å². The molecule has 0 aromatic heterocycles. The fourth-order valence-corrected chi connectivity index (χ4v) is 5.77. The molecule has 0 radical (unpaired) electrons. The lowest BCUT2D eigenvalue weighted by Gasteiger charge is -2.31. The van der Waals surface area contributed by atoms with Crippen LogP contribution in [0.3, 0.4) is 0 Å². The molecular formula is C21H32FN3O3S. The summed E-state index contributed by atoms with van der Waals surface area (Å²) in [4.78, 5) is 14.8. The van der Waals surface area contributed by atoms with Crippen molar-refractivity contribution in [3.8, 4) is 0 Å². The Morgan fingerprint density at radius 3 is 2.41 bits per heavy atom. The summed E-state index contributed by atoms with van der Waals surface area (Å²) < 4.78 is 40.4. The molecule has 2 fully saturated rings. The number of hydrogen-bond donors (Lipinski definition) is 1. The van der Waals surface area contributed by atoms with E-state index in [0.29, 0.717) is 38.4 Å². The molecule has 2 aliphatic heterocycles. The van der Waals surface area contributed by atoms with E-state index < -0.39 is 15.8 Å². The first-order valence-corrected chi connectivity index (χ1v) is 12.1. The van der Waals surface area contributed by atoms with Gasteiger partial charge in [0.05, 0.1) is 5.75 Å². The molecule has 1 amide bonds. The third kappa shape index (κ3) is 6.23. The molecule has 2 aliphatic rings. The van der Waals surface area contributed by atoms with Gasteiger partial charge in [0, 0.05) is 31.1 Å². The van der Waals surface area contributed by atoms with E-state index in [1.54, 1.807) is 12.1 Å². The monoisotopic (exact) mass is 425 g/mol. The number of amides is 1. The predicted molar refractivity (Wildman–Crippen MR) is 111 cm³/mol. The number of likely N-dealkylation sites (tertiary alicyclic amines) is 1. The highest BCUT2D eigenvalue weighted by atomic mass is 32.2. The highest BCUT2D eigenvalue weighted by Crippen LogP contribution is 2.23. The summed E-state index contributed by atoms with van der Waals surface area (Å²) in [6.07, 6.45) is 4.40. The average molecular weight is 426 g/mol. The minimum atomic E-state index is -3.59. The largest absolute Gasteiger partial charge is 0.356 e. The van der Waals surface area contributed by atoms with Crippen LogP contribution in [-0.4, -0.2) is 63.3 Å². The molecule has 29 heavy (non-hydrogen) atoms. The zero-order chi connectivity index (χ0) is 20.9. The van der Waals surface area contributed by atoms with Gasteiger partial charge < -0.3 is 10.2 Å². The van der Waals surface area contributed by atoms with Crippen LogP contribution in [0.5, 0.6) is 0 Å². The number of nitrogens with one attached hydrogen (secondary N) is 1. The van der Waals surface area contributed by atoms with Crippen LogP contribution in [-0.2, 0) is 20.6 Å². The molecule has 3 rings (SSSR count). The highest BCUT2D eigenvalue weighted by molar-refractivity contribution is 7.88. The van der Waals surface area contributed by atoms with Gasteiger partial charge in [0.2, 0.25) is 15.9 Å². The Morgan fingerprint density at radius 2 is 1.76 bits per heavy atom. The molecule has 0 bridgehead atoms. The second-order valence-electron chi connectivity index (χ2n) is 8.35. The molecule has 2 saturated heterocycles. The van der Waals surface area contributed by atoms with Gasteiger partial charge in [-0.3, -0.25) is 4.79 Å². The molecule has 0 atom stereocenters. The van der Waals surface area contributed by atoms with E-state index in [1.807, 2.05) is 0 Å². The Balaban J connectivity index is 1.41. The van der Waals surface area contributed by atoms with Crippen LogP contribution in [0.15, 0.2) is 24.3 Å². The molecule has 1 aromatic rings. The lowest BCUT2D eigenvalue weighted by atomic mass is 9.93. The average Bonchev–Trinajstić information content (AvgIpc) is 2.71. The van der Waals surface area contributed by atoms with E-state index in [2.05, 4.69) is 17.3 Å². The maximum absolute atomic E-state index is 13.8. The number of piperidine rings is 2. The second kappa shape index (κ2) is 10.00. The van der Waals surface area contributed by atoms with E-state index in [0.717, 1.165) is 19.5 Å². The first-order valence-electron chi connectivity index (χ1n) is 10.5. The number of halogens is 1. The second-order valence-corrected chi connectivity index (χ2v) is 10.3. The van der Waals surface area contributed by atoms with Gasteiger partial charge in [-0.15, -0.1) is 0 Å². The Kier molecular flexibility index (Phi) is 7.65. The lowest BCUT2D eigenvalue weighted by Crippen LogP contribution is -2.43. The Morgan fingerprint density at radius 1 is 1.10 bits per heavy atom. The molecule has 8 heteroatoms. The van der Waals surface area contributed by atoms with Crippen LogP contribution < -0.4 is 5.32 Å². The number of carbonyl (C=O) groups excluding carboxylic acids is 1. The van der Waals surface area contributed by atoms with Crippen LogP contribution in [0.25, 0.3) is 0 Å². The van der Waals surface area contributed by atoms with Gasteiger partial charge in [-0.05, 0) is 64.2 Å². The van der Waals surface area contributed by atoms with Gasteiger partial charge in [-0.1, -0.05) is 18.2 Å². The van der Waals surface area contributed by atoms with Gasteiger partial charge in [0.15, 0.2) is 0 Å². The fraction of sp³-hybridized carbons (Fsp3) is 0.667. The third-order valence-corrected chi connectivity index (χ3v) is 8.03. The SMILES string of the molecule is CN1CCC(CCNC(=O)C2CCN(S(=O)(=O)Cc3ccccc3F)CC2)CC1. The van der Waals surface area contributed by atoms with Crippen molar-refractivity contribution >= 4 is 15.9 Å². The van der Waals surface area contributed by atoms with Gasteiger partial charge >= 0.3 is 0 Å². The topological polar surface area (TPSA) is 69.7 Å². The normalized spacial score (nSPS) is 20.6. The molecule has 0 aliphatic carbocycles. The van der Waals surface area contributed by atoms with Crippen molar-refractivity contribution in [1.29, 1.82) is 0 Å². The minimum absolute atomic E-state index is 0.0316. The fourth-order valence-electron chi connectivity index (χ4n) is 4.19. The van der Waals surface area contributed by atoms with Crippen LogP contribution in [0, 0.1) is 17.7 Å². The van der Waals surface area contributed by atoms with E-state index in [9.17, 15) is 17.6 Å². The van der Waals surface area contributed by atoms with Crippen molar-refractivity contribution in [1.82, 2.24) is 14.5 Å². The highest BCUT2D eigenvalue weighted by Gasteiger charge is 2.31. The zero-order valence-electron chi connectivity index (χ0n) is 17.1. The van der Waals surface area contributed by atoms with Gasteiger partial charge in [0.1, 0.15) is 5.82 Å². The first-order chi connectivity index (χ1) is 13.8. The molecule has 1 N–H and O–H groups in total. The van der Waals surface area contributed by atoms with E-state index in [4.69, 9.17) is 0 Å². The van der Waals surface area contributed by atoms with E-state index >= 15 is 0 Å². The van der Waals surface area contributed by atoms with Gasteiger partial charge in [-0.25, -0.2) is 17.1 Å². The summed E-state index contributed by atoms with van der Waals surface area (Å²) in [6.45, 7) is 3.56. The summed E-state index contributed by atoms with van der Waals surface area (Å²) in [5.41, 5.74) is 0.182. The Labute approximate surface area is 173 Å². The molecule has 0 saturated carbocycles. The number of sulfonamides is 1. The maximum Gasteiger partial charge on any atom is 0.223 e. The van der Waals surface area contributed by atoms with Crippen LogP contribution in [0.2, 0.25) is 0 Å². The third-order valence-electron chi connectivity index (χ3n) is 6.20. The summed E-state index contributed by atoms with van der Waals surface area (Å²) in [5.74, 6) is -0.282. The number of benzene rings is 1. The van der Waals surface area contributed by atoms with Crippen molar-refractivity contribution in [3.05, 3.63) is 35.6 Å². The molecule has 1 aromatic carbocycles. The lowest BCUT2D eigenvalue weighted by molar-refractivity contribution is -0.126. The van der Waals surface area contributed by atoms with Crippen LogP contribution >= 0.6 is 0 Å². The molecule has 2 heterocycles. The minimum Gasteiger partial charge on any atom is -0.356 e. The standard InChI is InChI=1S/C21H32FN3O3S/c1-24-12-7-17(8-13-24)6-11-23-21(26)18-9-14-25(15-10-18)29(27,28)16-19-4-2-3-5-20(19)22/h2-5,17-18H,6-16H2,1H3,(H,23,26). The summed E-state index contributed by atoms with van der Waals surface area (Å²) in [7, 11) is -1.45. The maximum atomic E-state index is 13.8. The first kappa shape index (κ1) is 22.2. The molecule has 162 valence electrons. The summed E-state index contributed by atoms with van der Waals surface area (Å²) in [6, 6.07) is 5.95. The summed E-state index contributed by atoms with van der Waals surface area (Å²) >= 11 is 0. The Bertz CT molecular complexity index is 786. The predicted octanol–water partition coefficient (Wildman–Crippen LogP) is 2.22. The van der Waals surface area contributed by atoms with Crippen LogP contribution in [0.1, 0.15) is 37.7 Å². The molecule has 0 spiro atoms. The zero-order valence-corrected chi connectivity index (χ0v) is 18.0. The molecule has 0 unspecified atom stereocenters.